The molecule has 1 aromatic heterocycles. The van der Waals surface area contributed by atoms with Gasteiger partial charge in [-0.15, -0.1) is 0 Å². The number of nitrogens with zero attached hydrogens (tertiary/aromatic N) is 1. The molecular weight excluding hydrogens is 281 g/mol. The topological polar surface area (TPSA) is 26.2 Å². The van der Waals surface area contributed by atoms with Crippen molar-refractivity contribution >= 4 is 10.9 Å². The van der Waals surface area contributed by atoms with Crippen LogP contribution in [0.2, 0.25) is 0 Å². The average molecular weight is 300 g/mol. The molecule has 0 saturated carbocycles. The van der Waals surface area contributed by atoms with Gasteiger partial charge in [-0.2, -0.15) is 13.2 Å². The van der Waals surface area contributed by atoms with Gasteiger partial charge in [0.25, 0.3) is 0 Å². The van der Waals surface area contributed by atoms with Gasteiger partial charge in [0, 0.05) is 18.1 Å². The van der Waals surface area contributed by atoms with Crippen LogP contribution < -0.4 is 5.32 Å². The quantitative estimate of drug-likeness (QED) is 0.790. The highest BCUT2D eigenvalue weighted by molar-refractivity contribution is 5.83. The zero-order valence-corrected chi connectivity index (χ0v) is 11.9. The highest BCUT2D eigenvalue weighted by Crippen LogP contribution is 2.22. The van der Waals surface area contributed by atoms with Crippen molar-refractivity contribution in [3.05, 3.63) is 36.0 Å². The lowest BCUT2D eigenvalue weighted by Crippen LogP contribution is -2.18. The van der Waals surface area contributed by atoms with Gasteiger partial charge < -0.3 is 14.6 Å². The maximum absolute atomic E-state index is 12.1. The fourth-order valence-electron chi connectivity index (χ4n) is 2.23. The van der Waals surface area contributed by atoms with Gasteiger partial charge in [0.15, 0.2) is 0 Å². The van der Waals surface area contributed by atoms with Crippen LogP contribution in [0.5, 0.6) is 0 Å². The highest BCUT2D eigenvalue weighted by atomic mass is 19.4. The number of rotatable bonds is 7. The van der Waals surface area contributed by atoms with E-state index < -0.39 is 12.8 Å². The summed E-state index contributed by atoms with van der Waals surface area (Å²) in [5.41, 5.74) is 1.95. The van der Waals surface area contributed by atoms with Gasteiger partial charge in [-0.3, -0.25) is 0 Å². The summed E-state index contributed by atoms with van der Waals surface area (Å²) >= 11 is 0. The fraction of sp³-hybridized carbons (Fsp3) is 0.467. The summed E-state index contributed by atoms with van der Waals surface area (Å²) in [6, 6.07) is 7.65. The van der Waals surface area contributed by atoms with Crippen LogP contribution in [0, 0.1) is 0 Å². The number of benzene rings is 1. The molecule has 1 aromatic carbocycles. The number of ether oxygens (including phenoxy) is 1. The van der Waals surface area contributed by atoms with Crippen LogP contribution in [0.15, 0.2) is 30.5 Å². The first-order valence-corrected chi connectivity index (χ1v) is 6.93. The highest BCUT2D eigenvalue weighted by Gasteiger charge is 2.27. The molecule has 2 aromatic rings. The smallest absolute Gasteiger partial charge is 0.351 e. The van der Waals surface area contributed by atoms with Gasteiger partial charge in [0.1, 0.15) is 13.3 Å². The molecule has 0 atom stereocenters. The van der Waals surface area contributed by atoms with Crippen LogP contribution in [0.1, 0.15) is 18.9 Å². The summed E-state index contributed by atoms with van der Waals surface area (Å²) in [7, 11) is 0. The van der Waals surface area contributed by atoms with Crippen molar-refractivity contribution in [1.29, 1.82) is 0 Å². The van der Waals surface area contributed by atoms with Crippen LogP contribution >= 0.6 is 0 Å². The van der Waals surface area contributed by atoms with Gasteiger partial charge >= 0.3 is 6.18 Å². The first-order valence-electron chi connectivity index (χ1n) is 6.93. The molecule has 0 amide bonds. The molecule has 6 heteroatoms. The molecule has 2 rings (SSSR count). The molecule has 0 fully saturated rings. The van der Waals surface area contributed by atoms with Gasteiger partial charge in [-0.1, -0.05) is 25.1 Å². The Labute approximate surface area is 121 Å². The molecule has 0 aliphatic carbocycles. The number of nitrogens with one attached hydrogen (secondary N) is 1. The van der Waals surface area contributed by atoms with Crippen molar-refractivity contribution in [3.63, 3.8) is 0 Å². The van der Waals surface area contributed by atoms with E-state index in [0.29, 0.717) is 6.54 Å². The predicted molar refractivity (Wildman–Crippen MR) is 75.9 cm³/mol. The first kappa shape index (κ1) is 15.9. The van der Waals surface area contributed by atoms with Gasteiger partial charge in [-0.25, -0.2) is 0 Å². The Morgan fingerprint density at radius 1 is 1.24 bits per heavy atom. The van der Waals surface area contributed by atoms with Gasteiger partial charge in [-0.05, 0) is 24.6 Å². The maximum atomic E-state index is 12.1. The number of para-hydroxylation sites is 1. The predicted octanol–water partition coefficient (Wildman–Crippen LogP) is 3.68. The summed E-state index contributed by atoms with van der Waals surface area (Å²) in [5, 5.41) is 4.34. The van der Waals surface area contributed by atoms with E-state index in [-0.39, 0.29) is 6.73 Å². The monoisotopic (exact) mass is 300 g/mol. The number of alkyl halides is 3. The van der Waals surface area contributed by atoms with Crippen LogP contribution in [-0.4, -0.2) is 23.9 Å². The Morgan fingerprint density at radius 3 is 2.71 bits per heavy atom. The summed E-state index contributed by atoms with van der Waals surface area (Å²) in [6.07, 6.45) is -1.41. The minimum Gasteiger partial charge on any atom is -0.351 e. The molecule has 0 saturated heterocycles. The zero-order valence-electron chi connectivity index (χ0n) is 11.9. The van der Waals surface area contributed by atoms with Gasteiger partial charge in [0.2, 0.25) is 0 Å². The van der Waals surface area contributed by atoms with E-state index in [9.17, 15) is 13.2 Å². The SMILES string of the molecule is CCCNCc1cn(COCC(F)(F)F)c2ccccc12. The van der Waals surface area contributed by atoms with Crippen molar-refractivity contribution in [3.8, 4) is 0 Å². The molecule has 116 valence electrons. The molecule has 0 radical (unpaired) electrons. The standard InChI is InChI=1S/C15H19F3N2O/c1-2-7-19-8-12-9-20(11-21-10-15(16,17)18)14-6-4-3-5-13(12)14/h3-6,9,19H,2,7-8,10-11H2,1H3. The maximum Gasteiger partial charge on any atom is 0.411 e. The van der Waals surface area contributed by atoms with E-state index in [1.807, 2.05) is 30.5 Å². The molecule has 0 unspecified atom stereocenters. The molecule has 0 spiro atoms. The molecule has 1 N–H and O–H groups in total. The van der Waals surface area contributed by atoms with E-state index >= 15 is 0 Å². The fourth-order valence-corrected chi connectivity index (χ4v) is 2.23. The number of halogens is 3. The molecule has 21 heavy (non-hydrogen) atoms. The van der Waals surface area contributed by atoms with Crippen LogP contribution in [0.4, 0.5) is 13.2 Å². The zero-order chi connectivity index (χ0) is 15.3. The largest absolute Gasteiger partial charge is 0.411 e. The Balaban J connectivity index is 2.11. The summed E-state index contributed by atoms with van der Waals surface area (Å²) in [6.45, 7) is 2.35. The molecule has 0 aliphatic heterocycles. The lowest BCUT2D eigenvalue weighted by molar-refractivity contribution is -0.181. The number of hydrogen-bond donors (Lipinski definition) is 1. The van der Waals surface area contributed by atoms with Crippen LogP contribution in [0.25, 0.3) is 10.9 Å². The van der Waals surface area contributed by atoms with Crippen molar-refractivity contribution in [2.75, 3.05) is 13.2 Å². The molecule has 0 bridgehead atoms. The Bertz CT molecular complexity index is 578. The first-order chi connectivity index (χ1) is 10.0. The Morgan fingerprint density at radius 2 is 2.00 bits per heavy atom. The second-order valence-corrected chi connectivity index (χ2v) is 4.91. The number of fused-ring (bicyclic) bond motifs is 1. The van der Waals surface area contributed by atoms with E-state index in [1.54, 1.807) is 4.57 Å². The second-order valence-electron chi connectivity index (χ2n) is 4.91. The molecule has 1 heterocycles. The molecular formula is C15H19F3N2O. The van der Waals surface area contributed by atoms with Gasteiger partial charge in [0.05, 0.1) is 5.52 Å². The minimum absolute atomic E-state index is 0.103. The van der Waals surface area contributed by atoms with Crippen LogP contribution in [-0.2, 0) is 18.0 Å². The third kappa shape index (κ3) is 4.47. The molecule has 3 nitrogen and oxygen atoms in total. The number of aromatic nitrogens is 1. The lowest BCUT2D eigenvalue weighted by Gasteiger charge is -2.09. The Hall–Kier alpha value is -1.53. The second kappa shape index (κ2) is 6.95. The van der Waals surface area contributed by atoms with Crippen molar-refractivity contribution in [2.45, 2.75) is 32.8 Å². The van der Waals surface area contributed by atoms with Crippen molar-refractivity contribution in [2.24, 2.45) is 0 Å². The van der Waals surface area contributed by atoms with E-state index in [1.165, 1.54) is 0 Å². The minimum atomic E-state index is -4.30. The normalized spacial score (nSPS) is 12.2. The third-order valence-corrected chi connectivity index (χ3v) is 3.11. The third-order valence-electron chi connectivity index (χ3n) is 3.11. The summed E-state index contributed by atoms with van der Waals surface area (Å²) < 4.78 is 42.9. The number of hydrogen-bond acceptors (Lipinski definition) is 2. The van der Waals surface area contributed by atoms with E-state index in [4.69, 9.17) is 4.74 Å². The van der Waals surface area contributed by atoms with Crippen molar-refractivity contribution < 1.29 is 17.9 Å². The van der Waals surface area contributed by atoms with Crippen molar-refractivity contribution in [1.82, 2.24) is 9.88 Å². The van der Waals surface area contributed by atoms with Crippen LogP contribution in [0.3, 0.4) is 0 Å². The summed E-state index contributed by atoms with van der Waals surface area (Å²) in [5.74, 6) is 0. The summed E-state index contributed by atoms with van der Waals surface area (Å²) in [4.78, 5) is 0. The lowest BCUT2D eigenvalue weighted by atomic mass is 10.2. The average Bonchev–Trinajstić information content (AvgIpc) is 2.77. The van der Waals surface area contributed by atoms with E-state index in [2.05, 4.69) is 12.2 Å². The molecule has 0 aliphatic rings. The Kier molecular flexibility index (Phi) is 5.25. The van der Waals surface area contributed by atoms with E-state index in [0.717, 1.165) is 29.4 Å².